The molecule has 7 nitrogen and oxygen atoms in total. The van der Waals surface area contributed by atoms with Gasteiger partial charge in [0, 0.05) is 18.2 Å². The highest BCUT2D eigenvalue weighted by atomic mass is 32.2. The molecule has 0 fully saturated rings. The van der Waals surface area contributed by atoms with Crippen LogP contribution in [-0.4, -0.2) is 28.5 Å². The third kappa shape index (κ3) is 7.20. The number of hydrogen-bond acceptors (Lipinski definition) is 5. The Morgan fingerprint density at radius 3 is 2.33 bits per heavy atom. The first-order valence-corrected chi connectivity index (χ1v) is 12.6. The molecule has 0 saturated heterocycles. The van der Waals surface area contributed by atoms with E-state index in [1.165, 1.54) is 12.1 Å². The van der Waals surface area contributed by atoms with E-state index in [2.05, 4.69) is 12.2 Å². The van der Waals surface area contributed by atoms with Gasteiger partial charge in [-0.1, -0.05) is 52.7 Å². The summed E-state index contributed by atoms with van der Waals surface area (Å²) >= 11 is 0. The van der Waals surface area contributed by atoms with E-state index < -0.39 is 10.0 Å². The van der Waals surface area contributed by atoms with Crippen molar-refractivity contribution in [1.29, 1.82) is 0 Å². The van der Waals surface area contributed by atoms with Crippen LogP contribution in [0.4, 0.5) is 5.69 Å². The molecule has 0 aliphatic carbocycles. The van der Waals surface area contributed by atoms with E-state index in [0.29, 0.717) is 17.2 Å². The Morgan fingerprint density at radius 1 is 1.09 bits per heavy atom. The lowest BCUT2D eigenvalue weighted by atomic mass is 9.85. The zero-order valence-corrected chi connectivity index (χ0v) is 21.2. The topological polar surface area (TPSA) is 108 Å². The van der Waals surface area contributed by atoms with Crippen molar-refractivity contribution in [2.45, 2.75) is 69.6 Å². The Kier molecular flexibility index (Phi) is 8.91. The van der Waals surface area contributed by atoms with Crippen LogP contribution in [0.1, 0.15) is 70.4 Å². The Labute approximate surface area is 197 Å². The van der Waals surface area contributed by atoms with Crippen LogP contribution >= 0.6 is 0 Å². The zero-order chi connectivity index (χ0) is 24.8. The first-order chi connectivity index (χ1) is 15.4. The standard InChI is InChI=1S/C25H36N2O5S/c1-7-8-9-17(20-12-10-18(31-5)15-23(20)32-6)14-24(28)27-22-16-19(33(26,29)30)11-13-21(22)25(2,3)4/h10-13,15-17H,7-9,14H2,1-6H3,(H,27,28)(H2,26,29,30). The number of methoxy groups -OCH3 is 2. The molecule has 0 aliphatic heterocycles. The largest absolute Gasteiger partial charge is 0.497 e. The van der Waals surface area contributed by atoms with Gasteiger partial charge >= 0.3 is 0 Å². The summed E-state index contributed by atoms with van der Waals surface area (Å²) in [5.74, 6) is 1.09. The predicted molar refractivity (Wildman–Crippen MR) is 132 cm³/mol. The molecule has 2 aromatic rings. The lowest BCUT2D eigenvalue weighted by molar-refractivity contribution is -0.116. The Bertz CT molecular complexity index is 1070. The lowest BCUT2D eigenvalue weighted by Crippen LogP contribution is -2.22. The van der Waals surface area contributed by atoms with E-state index in [0.717, 1.165) is 30.4 Å². The van der Waals surface area contributed by atoms with Crippen molar-refractivity contribution in [3.63, 3.8) is 0 Å². The average molecular weight is 477 g/mol. The summed E-state index contributed by atoms with van der Waals surface area (Å²) in [5.41, 5.74) is 1.92. The van der Waals surface area contributed by atoms with Crippen molar-refractivity contribution in [2.24, 2.45) is 5.14 Å². The maximum absolute atomic E-state index is 13.2. The second kappa shape index (κ2) is 11.0. The number of rotatable bonds is 10. The fourth-order valence-electron chi connectivity index (χ4n) is 3.86. The molecule has 182 valence electrons. The van der Waals surface area contributed by atoms with Gasteiger partial charge < -0.3 is 14.8 Å². The molecule has 1 atom stereocenters. The summed E-state index contributed by atoms with van der Waals surface area (Å²) in [6.45, 7) is 8.11. The highest BCUT2D eigenvalue weighted by Crippen LogP contribution is 2.36. The highest BCUT2D eigenvalue weighted by molar-refractivity contribution is 7.89. The van der Waals surface area contributed by atoms with E-state index in [9.17, 15) is 13.2 Å². The fourth-order valence-corrected chi connectivity index (χ4v) is 4.40. The average Bonchev–Trinajstić information content (AvgIpc) is 2.74. The number of amides is 1. The molecule has 0 bridgehead atoms. The van der Waals surface area contributed by atoms with Crippen LogP contribution in [0.25, 0.3) is 0 Å². The van der Waals surface area contributed by atoms with Crippen LogP contribution in [0, 0.1) is 0 Å². The molecule has 0 aliphatic rings. The van der Waals surface area contributed by atoms with Gasteiger partial charge in [0.25, 0.3) is 0 Å². The summed E-state index contributed by atoms with van der Waals surface area (Å²) in [6.07, 6.45) is 3.00. The van der Waals surface area contributed by atoms with Crippen LogP contribution in [0.15, 0.2) is 41.3 Å². The number of sulfonamides is 1. The molecule has 0 radical (unpaired) electrons. The normalized spacial score (nSPS) is 12.8. The molecule has 1 unspecified atom stereocenters. The smallest absolute Gasteiger partial charge is 0.238 e. The number of hydrogen-bond donors (Lipinski definition) is 2. The number of anilines is 1. The Morgan fingerprint density at radius 2 is 1.79 bits per heavy atom. The van der Waals surface area contributed by atoms with Crippen molar-refractivity contribution in [2.75, 3.05) is 19.5 Å². The van der Waals surface area contributed by atoms with E-state index >= 15 is 0 Å². The molecular weight excluding hydrogens is 440 g/mol. The number of nitrogens with two attached hydrogens (primary N) is 1. The van der Waals surface area contributed by atoms with Crippen LogP contribution in [-0.2, 0) is 20.2 Å². The van der Waals surface area contributed by atoms with E-state index in [1.807, 2.05) is 39.0 Å². The molecule has 1 amide bonds. The van der Waals surface area contributed by atoms with Gasteiger partial charge in [0.15, 0.2) is 0 Å². The van der Waals surface area contributed by atoms with Crippen molar-refractivity contribution in [3.05, 3.63) is 47.5 Å². The van der Waals surface area contributed by atoms with Crippen molar-refractivity contribution < 1.29 is 22.7 Å². The van der Waals surface area contributed by atoms with Gasteiger partial charge in [-0.25, -0.2) is 13.6 Å². The second-order valence-corrected chi connectivity index (χ2v) is 10.8. The van der Waals surface area contributed by atoms with Crippen molar-refractivity contribution >= 4 is 21.6 Å². The molecule has 0 spiro atoms. The molecular formula is C25H36N2O5S. The van der Waals surface area contributed by atoms with Gasteiger partial charge in [0.2, 0.25) is 15.9 Å². The van der Waals surface area contributed by atoms with E-state index in [-0.39, 0.29) is 28.6 Å². The summed E-state index contributed by atoms with van der Waals surface area (Å²) in [7, 11) is -0.700. The van der Waals surface area contributed by atoms with Crippen LogP contribution < -0.4 is 19.9 Å². The summed E-state index contributed by atoms with van der Waals surface area (Å²) < 4.78 is 34.6. The van der Waals surface area contributed by atoms with Crippen LogP contribution in [0.3, 0.4) is 0 Å². The summed E-state index contributed by atoms with van der Waals surface area (Å²) in [4.78, 5) is 13.1. The number of ether oxygens (including phenoxy) is 2. The second-order valence-electron chi connectivity index (χ2n) is 9.20. The van der Waals surface area contributed by atoms with Gasteiger partial charge in [0.05, 0.1) is 19.1 Å². The molecule has 3 N–H and O–H groups in total. The van der Waals surface area contributed by atoms with Crippen LogP contribution in [0.2, 0.25) is 0 Å². The first kappa shape index (κ1) is 26.7. The number of carbonyl (C=O) groups excluding carboxylic acids is 1. The lowest BCUT2D eigenvalue weighted by Gasteiger charge is -2.25. The molecule has 8 heteroatoms. The Hall–Kier alpha value is -2.58. The zero-order valence-electron chi connectivity index (χ0n) is 20.4. The van der Waals surface area contributed by atoms with Crippen LogP contribution in [0.5, 0.6) is 11.5 Å². The third-order valence-corrected chi connectivity index (χ3v) is 6.53. The Balaban J connectivity index is 2.38. The molecule has 2 rings (SSSR count). The van der Waals surface area contributed by atoms with Gasteiger partial charge in [-0.15, -0.1) is 0 Å². The first-order valence-electron chi connectivity index (χ1n) is 11.1. The highest BCUT2D eigenvalue weighted by Gasteiger charge is 2.24. The molecule has 0 aromatic heterocycles. The molecule has 0 heterocycles. The minimum absolute atomic E-state index is 0.0369. The fraction of sp³-hybridized carbons (Fsp3) is 0.480. The number of carbonyl (C=O) groups is 1. The van der Waals surface area contributed by atoms with E-state index in [1.54, 1.807) is 20.3 Å². The number of unbranched alkanes of at least 4 members (excludes halogenated alkanes) is 1. The molecule has 2 aromatic carbocycles. The van der Waals surface area contributed by atoms with Gasteiger partial charge in [-0.3, -0.25) is 4.79 Å². The van der Waals surface area contributed by atoms with Gasteiger partial charge in [0.1, 0.15) is 11.5 Å². The minimum Gasteiger partial charge on any atom is -0.497 e. The number of benzene rings is 2. The SMILES string of the molecule is CCCCC(CC(=O)Nc1cc(S(N)(=O)=O)ccc1C(C)(C)C)c1ccc(OC)cc1OC. The maximum Gasteiger partial charge on any atom is 0.238 e. The number of primary sulfonamides is 1. The van der Waals surface area contributed by atoms with Gasteiger partial charge in [-0.2, -0.15) is 0 Å². The number of nitrogens with one attached hydrogen (secondary N) is 1. The quantitative estimate of drug-likeness (QED) is 0.504. The summed E-state index contributed by atoms with van der Waals surface area (Å²) in [6, 6.07) is 10.2. The monoisotopic (exact) mass is 476 g/mol. The maximum atomic E-state index is 13.2. The van der Waals surface area contributed by atoms with E-state index in [4.69, 9.17) is 14.6 Å². The van der Waals surface area contributed by atoms with Crippen molar-refractivity contribution in [3.8, 4) is 11.5 Å². The molecule has 33 heavy (non-hydrogen) atoms. The van der Waals surface area contributed by atoms with Crippen molar-refractivity contribution in [1.82, 2.24) is 0 Å². The van der Waals surface area contributed by atoms with Gasteiger partial charge in [-0.05, 0) is 47.1 Å². The third-order valence-electron chi connectivity index (χ3n) is 5.62. The summed E-state index contributed by atoms with van der Waals surface area (Å²) in [5, 5.41) is 8.26. The predicted octanol–water partition coefficient (Wildman–Crippen LogP) is 4.95. The minimum atomic E-state index is -3.90. The molecule has 0 saturated carbocycles.